The van der Waals surface area contributed by atoms with Crippen molar-refractivity contribution in [2.45, 2.75) is 37.9 Å². The molecule has 1 aromatic carbocycles. The Morgan fingerprint density at radius 1 is 1.12 bits per heavy atom. The highest BCUT2D eigenvalue weighted by atomic mass is 16.5. The zero-order valence-electron chi connectivity index (χ0n) is 14.9. The molecular weight excluding hydrogens is 332 g/mol. The summed E-state index contributed by atoms with van der Waals surface area (Å²) in [6.45, 7) is 1.39. The lowest BCUT2D eigenvalue weighted by Gasteiger charge is -2.34. The number of fused-ring (bicyclic) bond motifs is 1. The first kappa shape index (κ1) is 17.1. The summed E-state index contributed by atoms with van der Waals surface area (Å²) < 4.78 is 7.65. The van der Waals surface area contributed by atoms with Crippen LogP contribution < -0.4 is 0 Å². The number of carboxylic acid groups (broad SMARTS) is 1. The lowest BCUT2D eigenvalue weighted by molar-refractivity contribution is -0.150. The Labute approximate surface area is 152 Å². The number of hydrogen-bond acceptors (Lipinski definition) is 3. The molecule has 0 radical (unpaired) electrons. The van der Waals surface area contributed by atoms with E-state index in [9.17, 15) is 9.59 Å². The lowest BCUT2D eigenvalue weighted by Crippen LogP contribution is -2.42. The maximum absolute atomic E-state index is 13.0. The predicted molar refractivity (Wildman–Crippen MR) is 97.1 cm³/mol. The SMILES string of the molecule is Cn1c(C(=O)N2CCC([C@@H]3CC[C@H](C(=O)O)O3)CC2)cc2ccccc21. The summed E-state index contributed by atoms with van der Waals surface area (Å²) in [4.78, 5) is 25.9. The first-order valence-electron chi connectivity index (χ1n) is 9.26. The third-order valence-corrected chi connectivity index (χ3v) is 5.85. The molecule has 0 bridgehead atoms. The molecule has 2 aromatic rings. The number of nitrogens with zero attached hydrogens (tertiary/aromatic N) is 2. The number of carbonyl (C=O) groups is 2. The van der Waals surface area contributed by atoms with Gasteiger partial charge in [-0.3, -0.25) is 4.79 Å². The molecule has 2 aliphatic heterocycles. The normalized spacial score (nSPS) is 24.3. The molecule has 1 amide bonds. The molecule has 1 N–H and O–H groups in total. The number of aryl methyl sites for hydroxylation is 1. The molecule has 2 aliphatic rings. The van der Waals surface area contributed by atoms with Crippen LogP contribution in [0.4, 0.5) is 0 Å². The molecule has 1 aromatic heterocycles. The van der Waals surface area contributed by atoms with Gasteiger partial charge >= 0.3 is 5.97 Å². The highest BCUT2D eigenvalue weighted by Gasteiger charge is 2.37. The summed E-state index contributed by atoms with van der Waals surface area (Å²) in [5, 5.41) is 10.2. The fourth-order valence-corrected chi connectivity index (χ4v) is 4.32. The van der Waals surface area contributed by atoms with Gasteiger partial charge in [-0.2, -0.15) is 0 Å². The van der Waals surface area contributed by atoms with Crippen molar-refractivity contribution in [2.24, 2.45) is 13.0 Å². The van der Waals surface area contributed by atoms with E-state index in [1.54, 1.807) is 0 Å². The van der Waals surface area contributed by atoms with E-state index >= 15 is 0 Å². The largest absolute Gasteiger partial charge is 0.479 e. The fourth-order valence-electron chi connectivity index (χ4n) is 4.32. The number of aromatic nitrogens is 1. The Balaban J connectivity index is 1.40. The van der Waals surface area contributed by atoms with Gasteiger partial charge in [0, 0.05) is 31.0 Å². The van der Waals surface area contributed by atoms with Crippen LogP contribution >= 0.6 is 0 Å². The summed E-state index contributed by atoms with van der Waals surface area (Å²) >= 11 is 0. The van der Waals surface area contributed by atoms with Gasteiger partial charge in [0.25, 0.3) is 5.91 Å². The number of amides is 1. The van der Waals surface area contributed by atoms with Gasteiger partial charge < -0.3 is 19.3 Å². The van der Waals surface area contributed by atoms with Gasteiger partial charge in [0.15, 0.2) is 6.10 Å². The van der Waals surface area contributed by atoms with E-state index in [2.05, 4.69) is 0 Å². The number of benzene rings is 1. The molecule has 0 aliphatic carbocycles. The Morgan fingerprint density at radius 3 is 2.50 bits per heavy atom. The second-order valence-electron chi connectivity index (χ2n) is 7.36. The zero-order valence-corrected chi connectivity index (χ0v) is 14.9. The Morgan fingerprint density at radius 2 is 1.85 bits per heavy atom. The number of para-hydroxylation sites is 1. The second-order valence-corrected chi connectivity index (χ2v) is 7.36. The van der Waals surface area contributed by atoms with Crippen LogP contribution in [0.1, 0.15) is 36.2 Å². The first-order chi connectivity index (χ1) is 12.5. The molecule has 26 heavy (non-hydrogen) atoms. The summed E-state index contributed by atoms with van der Waals surface area (Å²) in [5.74, 6) is -0.454. The Kier molecular flexibility index (Phi) is 4.44. The third kappa shape index (κ3) is 2.98. The average molecular weight is 356 g/mol. The topological polar surface area (TPSA) is 71.8 Å². The van der Waals surface area contributed by atoms with Crippen molar-refractivity contribution in [3.05, 3.63) is 36.0 Å². The van der Waals surface area contributed by atoms with E-state index in [4.69, 9.17) is 9.84 Å². The Hall–Kier alpha value is -2.34. The first-order valence-corrected chi connectivity index (χ1v) is 9.26. The summed E-state index contributed by atoms with van der Waals surface area (Å²) in [6, 6.07) is 9.97. The van der Waals surface area contributed by atoms with Crippen molar-refractivity contribution >= 4 is 22.8 Å². The molecule has 138 valence electrons. The minimum atomic E-state index is -0.865. The van der Waals surface area contributed by atoms with E-state index in [1.807, 2.05) is 46.8 Å². The minimum absolute atomic E-state index is 0.0194. The molecule has 0 saturated carbocycles. The quantitative estimate of drug-likeness (QED) is 0.918. The number of carboxylic acids is 1. The monoisotopic (exact) mass is 356 g/mol. The molecule has 2 fully saturated rings. The molecule has 4 rings (SSSR count). The van der Waals surface area contributed by atoms with Crippen LogP contribution in [0.25, 0.3) is 10.9 Å². The van der Waals surface area contributed by atoms with E-state index in [1.165, 1.54) is 0 Å². The van der Waals surface area contributed by atoms with Crippen LogP contribution in [-0.4, -0.2) is 51.7 Å². The molecule has 6 nitrogen and oxygen atoms in total. The van der Waals surface area contributed by atoms with Crippen LogP contribution in [0.2, 0.25) is 0 Å². The van der Waals surface area contributed by atoms with Crippen molar-refractivity contribution in [3.8, 4) is 0 Å². The molecule has 3 heterocycles. The summed E-state index contributed by atoms with van der Waals surface area (Å²) in [6.07, 6.45) is 2.49. The number of ether oxygens (including phenoxy) is 1. The molecule has 0 unspecified atom stereocenters. The van der Waals surface area contributed by atoms with Crippen molar-refractivity contribution in [3.63, 3.8) is 0 Å². The van der Waals surface area contributed by atoms with Crippen LogP contribution in [0.15, 0.2) is 30.3 Å². The zero-order chi connectivity index (χ0) is 18.3. The second kappa shape index (κ2) is 6.76. The van der Waals surface area contributed by atoms with Crippen LogP contribution in [-0.2, 0) is 16.6 Å². The van der Waals surface area contributed by atoms with Crippen LogP contribution in [0.3, 0.4) is 0 Å². The van der Waals surface area contributed by atoms with Crippen molar-refractivity contribution in [1.82, 2.24) is 9.47 Å². The predicted octanol–water partition coefficient (Wildman–Crippen LogP) is 2.66. The standard InChI is InChI=1S/C20H24N2O4/c1-21-15-5-3-2-4-14(15)12-16(21)19(23)22-10-8-13(9-11-22)17-6-7-18(26-17)20(24)25/h2-5,12-13,17-18H,6-11H2,1H3,(H,24,25)/t17-,18+/m0/s1. The van der Waals surface area contributed by atoms with Gasteiger partial charge in [-0.1, -0.05) is 18.2 Å². The highest BCUT2D eigenvalue weighted by Crippen LogP contribution is 2.32. The van der Waals surface area contributed by atoms with Crippen molar-refractivity contribution in [1.29, 1.82) is 0 Å². The number of carbonyl (C=O) groups excluding carboxylic acids is 1. The van der Waals surface area contributed by atoms with Crippen LogP contribution in [0.5, 0.6) is 0 Å². The van der Waals surface area contributed by atoms with E-state index in [-0.39, 0.29) is 12.0 Å². The molecule has 6 heteroatoms. The van der Waals surface area contributed by atoms with Gasteiger partial charge in [0.05, 0.1) is 6.10 Å². The Bertz CT molecular complexity index is 835. The van der Waals surface area contributed by atoms with Gasteiger partial charge in [-0.05, 0) is 43.7 Å². The number of hydrogen-bond donors (Lipinski definition) is 1. The summed E-state index contributed by atoms with van der Waals surface area (Å²) in [5.41, 5.74) is 1.78. The molecule has 0 spiro atoms. The highest BCUT2D eigenvalue weighted by molar-refractivity contribution is 5.98. The van der Waals surface area contributed by atoms with Gasteiger partial charge in [-0.15, -0.1) is 0 Å². The lowest BCUT2D eigenvalue weighted by atomic mass is 9.89. The number of piperidine rings is 1. The summed E-state index contributed by atoms with van der Waals surface area (Å²) in [7, 11) is 1.93. The van der Waals surface area contributed by atoms with Gasteiger partial charge in [0.1, 0.15) is 5.69 Å². The average Bonchev–Trinajstić information content (AvgIpc) is 3.27. The maximum Gasteiger partial charge on any atom is 0.332 e. The number of rotatable bonds is 3. The molecule has 2 atom stereocenters. The van der Waals surface area contributed by atoms with Crippen LogP contribution in [0, 0.1) is 5.92 Å². The van der Waals surface area contributed by atoms with Gasteiger partial charge in [0.2, 0.25) is 0 Å². The number of likely N-dealkylation sites (tertiary alicyclic amines) is 1. The van der Waals surface area contributed by atoms with E-state index < -0.39 is 12.1 Å². The smallest absolute Gasteiger partial charge is 0.332 e. The molecular formula is C20H24N2O4. The number of aliphatic carboxylic acids is 1. The van der Waals surface area contributed by atoms with E-state index in [0.717, 1.165) is 30.2 Å². The minimum Gasteiger partial charge on any atom is -0.479 e. The van der Waals surface area contributed by atoms with Crippen molar-refractivity contribution < 1.29 is 19.4 Å². The maximum atomic E-state index is 13.0. The van der Waals surface area contributed by atoms with Gasteiger partial charge in [-0.25, -0.2) is 4.79 Å². The van der Waals surface area contributed by atoms with E-state index in [0.29, 0.717) is 31.1 Å². The third-order valence-electron chi connectivity index (χ3n) is 5.85. The fraction of sp³-hybridized carbons (Fsp3) is 0.500. The molecule has 2 saturated heterocycles. The van der Waals surface area contributed by atoms with Crippen molar-refractivity contribution in [2.75, 3.05) is 13.1 Å².